The summed E-state index contributed by atoms with van der Waals surface area (Å²) in [5.41, 5.74) is 12.8. The molecular weight excluding hydrogens is 1340 g/mol. The fourth-order valence-corrected chi connectivity index (χ4v) is 12.1. The second kappa shape index (κ2) is 35.2. The first-order valence-electron chi connectivity index (χ1n) is 32.6. The number of esters is 2. The van der Waals surface area contributed by atoms with Crippen molar-refractivity contribution in [2.75, 3.05) is 46.1 Å². The minimum absolute atomic E-state index is 0.0964. The zero-order chi connectivity index (χ0) is 73.8. The molecule has 26 unspecified atom stereocenters. The summed E-state index contributed by atoms with van der Waals surface area (Å²) in [6, 6.07) is 0.664. The summed E-state index contributed by atoms with van der Waals surface area (Å²) in [4.78, 5) is 121. The Balaban J connectivity index is 1.08. The Morgan fingerprint density at radius 3 is 1.90 bits per heavy atom. The molecule has 0 aliphatic carbocycles. The van der Waals surface area contributed by atoms with Crippen molar-refractivity contribution >= 4 is 59.3 Å². The molecule has 6 amide bonds. The summed E-state index contributed by atoms with van der Waals surface area (Å²) in [6.45, 7) is 0.825. The number of nitrogens with zero attached hydrogens (tertiary/aromatic N) is 3. The van der Waals surface area contributed by atoms with E-state index in [1.165, 1.54) is 24.3 Å². The number of amides is 6. The molecule has 26 atom stereocenters. The molecular formula is C62H90N12O27. The molecule has 101 heavy (non-hydrogen) atoms. The van der Waals surface area contributed by atoms with Crippen LogP contribution in [0.15, 0.2) is 64.6 Å². The number of guanidine groups is 2. The summed E-state index contributed by atoms with van der Waals surface area (Å²) in [5.74, 6) is -10.8. The van der Waals surface area contributed by atoms with Crippen LogP contribution in [0.2, 0.25) is 0 Å². The van der Waals surface area contributed by atoms with Crippen LogP contribution in [-0.2, 0) is 73.2 Å². The van der Waals surface area contributed by atoms with Crippen molar-refractivity contribution in [3.8, 4) is 5.75 Å². The maximum absolute atomic E-state index is 15.2. The molecule has 39 heteroatoms. The third-order valence-electron chi connectivity index (χ3n) is 18.2. The average Bonchev–Trinajstić information content (AvgIpc) is 1.72. The van der Waals surface area contributed by atoms with E-state index in [4.69, 9.17) is 44.6 Å². The molecule has 4 saturated heterocycles. The van der Waals surface area contributed by atoms with Gasteiger partial charge in [-0.15, -0.1) is 0 Å². The molecule has 2 aromatic rings. The van der Waals surface area contributed by atoms with Gasteiger partial charge >= 0.3 is 11.9 Å². The standard InChI is InChI=1S/C62H90N12O27/c1-5-24(2)15-38(80)100-52-45(84)36(23-95-26(4)78)99-60(50(52)89)101-51-35(22-77)98-59(49(88)47(51)86)96-29-13-11-27(12-14-29)16-30-54(91)72-40(42(81)31-17-66-61(63)70-31)57(94)73-41(43(82)33-18-67-62(64)74(33)58-48(87)46(85)44(83)34(21-76)97-58)56(93)69-32(20-75)53(90)65-19-37(79)71-39(55(92)68-30)25(3)28-9-7-6-8-10-28/h6-14,24-25,30-36,39-52,58-60,75-77,81-89H,5,15-23H2,1-4H3,(H2,64,67)(H,65,90)(H,68,92)(H,69,93)(H,71,79)(H,72,91)(H,73,94)(H3,63,66,70). The normalized spacial score (nSPS) is 35.2. The fraction of sp³-hybridized carbons (Fsp3) is 0.645. The van der Waals surface area contributed by atoms with E-state index in [1.54, 1.807) is 44.2 Å². The number of aliphatic hydroxyl groups is 12. The maximum atomic E-state index is 15.2. The molecule has 0 saturated carbocycles. The van der Waals surface area contributed by atoms with Crippen molar-refractivity contribution in [3.05, 3.63) is 65.7 Å². The zero-order valence-electron chi connectivity index (χ0n) is 55.3. The molecule has 560 valence electrons. The van der Waals surface area contributed by atoms with Crippen LogP contribution >= 0.6 is 0 Å². The van der Waals surface area contributed by atoms with Crippen LogP contribution in [0.4, 0.5) is 0 Å². The van der Waals surface area contributed by atoms with E-state index in [9.17, 15) is 90.0 Å². The number of aliphatic imine (C=N–C) groups is 2. The largest absolute Gasteiger partial charge is 0.463 e. The van der Waals surface area contributed by atoms with Crippen LogP contribution in [0.1, 0.15) is 57.6 Å². The highest BCUT2D eigenvalue weighted by atomic mass is 16.7. The number of nitrogens with one attached hydrogen (secondary N) is 7. The minimum atomic E-state index is -2.36. The molecule has 39 nitrogen and oxygen atoms in total. The second-order valence-electron chi connectivity index (χ2n) is 25.4. The quantitative estimate of drug-likeness (QED) is 0.0487. The van der Waals surface area contributed by atoms with E-state index in [1.807, 2.05) is 6.92 Å². The van der Waals surface area contributed by atoms with E-state index in [-0.39, 0.29) is 36.2 Å². The molecule has 2 aromatic carbocycles. The van der Waals surface area contributed by atoms with Gasteiger partial charge in [0.15, 0.2) is 30.5 Å². The number of benzene rings is 2. The molecule has 0 bridgehead atoms. The van der Waals surface area contributed by atoms with E-state index < -0.39 is 252 Å². The van der Waals surface area contributed by atoms with Gasteiger partial charge in [-0.25, -0.2) is 0 Å². The highest BCUT2D eigenvalue weighted by molar-refractivity contribution is 5.98. The van der Waals surface area contributed by atoms with Gasteiger partial charge < -0.3 is 148 Å². The third kappa shape index (κ3) is 19.0. The highest BCUT2D eigenvalue weighted by Crippen LogP contribution is 2.34. The first-order valence-corrected chi connectivity index (χ1v) is 32.6. The van der Waals surface area contributed by atoms with Crippen molar-refractivity contribution in [3.63, 3.8) is 0 Å². The van der Waals surface area contributed by atoms with Gasteiger partial charge in [-0.2, -0.15) is 0 Å². The zero-order valence-corrected chi connectivity index (χ0v) is 55.3. The summed E-state index contributed by atoms with van der Waals surface area (Å²) in [7, 11) is 0. The van der Waals surface area contributed by atoms with Crippen LogP contribution in [0.3, 0.4) is 0 Å². The number of ether oxygens (including phenoxy) is 7. The molecule has 6 heterocycles. The lowest BCUT2D eigenvalue weighted by atomic mass is 9.92. The fourth-order valence-electron chi connectivity index (χ4n) is 12.1. The Morgan fingerprint density at radius 2 is 1.27 bits per heavy atom. The van der Waals surface area contributed by atoms with Crippen molar-refractivity contribution < 1.29 is 133 Å². The van der Waals surface area contributed by atoms with Crippen LogP contribution < -0.4 is 53.4 Å². The Kier molecular flexibility index (Phi) is 27.4. The van der Waals surface area contributed by atoms with Crippen LogP contribution in [0.5, 0.6) is 5.75 Å². The van der Waals surface area contributed by atoms with Gasteiger partial charge in [-0.05, 0) is 29.2 Å². The maximum Gasteiger partial charge on any atom is 0.306 e. The van der Waals surface area contributed by atoms with Crippen molar-refractivity contribution in [2.45, 2.75) is 199 Å². The topological polar surface area (TPSA) is 608 Å². The summed E-state index contributed by atoms with van der Waals surface area (Å²) >= 11 is 0. The Bertz CT molecular complexity index is 3250. The number of aliphatic hydroxyl groups excluding tert-OH is 12. The lowest BCUT2D eigenvalue weighted by molar-refractivity contribution is -0.353. The lowest BCUT2D eigenvalue weighted by Crippen LogP contribution is -2.70. The number of carbonyl (C=O) groups excluding carboxylic acids is 8. The molecule has 0 radical (unpaired) electrons. The number of nitrogens with two attached hydrogens (primary N) is 2. The van der Waals surface area contributed by atoms with Gasteiger partial charge in [0, 0.05) is 25.7 Å². The number of hydrogen-bond donors (Lipinski definition) is 21. The van der Waals surface area contributed by atoms with Crippen LogP contribution in [-0.4, -0.2) is 318 Å². The Labute approximate surface area is 576 Å². The molecule has 6 aliphatic heterocycles. The monoisotopic (exact) mass is 1430 g/mol. The van der Waals surface area contributed by atoms with E-state index >= 15 is 9.59 Å². The minimum Gasteiger partial charge on any atom is -0.463 e. The smallest absolute Gasteiger partial charge is 0.306 e. The SMILES string of the molecule is CCC(C)CC(=O)OC1C(O)C(COC(C)=O)OC(OC2C(CO)OC(Oc3ccc(CC4NC(=O)C(C(C)c5ccccc5)NC(=O)CNC(=O)C(CO)NC(=O)C(C(O)C5CN=C(N)N5C5OC(CO)C(O)C(O)C5O)NC(=O)C(C(O)C5CN=C(N)N5)NC4=O)cc3)C(O)C2O)C1O. The van der Waals surface area contributed by atoms with E-state index in [2.05, 4.69) is 47.2 Å². The van der Waals surface area contributed by atoms with Gasteiger partial charge in [0.25, 0.3) is 0 Å². The van der Waals surface area contributed by atoms with Crippen molar-refractivity contribution in [1.29, 1.82) is 0 Å². The first-order chi connectivity index (χ1) is 48.0. The first kappa shape index (κ1) is 78.6. The van der Waals surface area contributed by atoms with Crippen LogP contribution in [0, 0.1) is 5.92 Å². The number of hydrogen-bond acceptors (Lipinski definition) is 33. The van der Waals surface area contributed by atoms with Crippen molar-refractivity contribution in [2.24, 2.45) is 27.4 Å². The van der Waals surface area contributed by atoms with Gasteiger partial charge in [0.2, 0.25) is 41.7 Å². The molecule has 0 spiro atoms. The molecule has 4 fully saturated rings. The number of carbonyl (C=O) groups is 8. The van der Waals surface area contributed by atoms with E-state index in [0.29, 0.717) is 12.0 Å². The third-order valence-corrected chi connectivity index (χ3v) is 18.2. The summed E-state index contributed by atoms with van der Waals surface area (Å²) in [6.07, 6.45) is -31.7. The van der Waals surface area contributed by atoms with Gasteiger partial charge in [0.05, 0.1) is 51.5 Å². The Morgan fingerprint density at radius 1 is 0.634 bits per heavy atom. The predicted molar refractivity (Wildman–Crippen MR) is 341 cm³/mol. The van der Waals surface area contributed by atoms with E-state index in [0.717, 1.165) is 11.8 Å². The molecule has 6 aliphatic rings. The van der Waals surface area contributed by atoms with Gasteiger partial charge in [-0.3, -0.25) is 48.3 Å². The van der Waals surface area contributed by atoms with Crippen molar-refractivity contribution in [1.82, 2.24) is 42.1 Å². The molecule has 0 aromatic heterocycles. The Hall–Kier alpha value is -8.10. The van der Waals surface area contributed by atoms with Crippen LogP contribution in [0.25, 0.3) is 0 Å². The lowest BCUT2D eigenvalue weighted by Gasteiger charge is -2.46. The highest BCUT2D eigenvalue weighted by Gasteiger charge is 2.55. The molecule has 23 N–H and O–H groups in total. The summed E-state index contributed by atoms with van der Waals surface area (Å²) in [5, 5.41) is 151. The van der Waals surface area contributed by atoms with Gasteiger partial charge in [-0.1, -0.05) is 69.7 Å². The number of rotatable bonds is 22. The predicted octanol–water partition coefficient (Wildman–Crippen LogP) is -11.1. The molecule has 8 rings (SSSR count). The average molecular weight is 1440 g/mol. The second-order valence-corrected chi connectivity index (χ2v) is 25.4. The van der Waals surface area contributed by atoms with Gasteiger partial charge in [0.1, 0.15) is 122 Å². The summed E-state index contributed by atoms with van der Waals surface area (Å²) < 4.78 is 39.7.